The summed E-state index contributed by atoms with van der Waals surface area (Å²) in [6.45, 7) is 3.26. The standard InChI is InChI=1S/C48H46N8O2.CH4O3S/c1-51-31-19-39(20-32-51)15-17-41-23-35-53(36-24-41)27-7-9-29-55-43-11-3-5-13-45(43)57-47(55)49-50-48-56(44-12-4-6-14-46(44)58-48)30-10-8-28-54-37-25-42(26-38-54)18-16-40-21-33-52(2)34-22-40;1-5(2,3)4/h3-6,11-14,19-26,31-38H,7-10,27-30H2,1-2H3;1H3,(H,2,3,4)/q+4;/p-1/b49-47+,50-48+;. The number of para-hydroxylation sites is 4. The van der Waals surface area contributed by atoms with Gasteiger partial charge in [0.2, 0.25) is 0 Å². The Morgan fingerprint density at radius 2 is 0.841 bits per heavy atom. The number of hydrogen-bond acceptors (Lipinski definition) is 7. The van der Waals surface area contributed by atoms with E-state index in [9.17, 15) is 0 Å². The van der Waals surface area contributed by atoms with Crippen molar-refractivity contribution in [3.63, 3.8) is 0 Å². The molecule has 0 saturated heterocycles. The minimum Gasteiger partial charge on any atom is -0.748 e. The van der Waals surface area contributed by atoms with Crippen LogP contribution in [-0.4, -0.2) is 28.4 Å². The summed E-state index contributed by atoms with van der Waals surface area (Å²) >= 11 is 0. The minimum absolute atomic E-state index is 0.443. The molecule has 63 heavy (non-hydrogen) atoms. The molecule has 8 aromatic rings. The molecule has 2 aromatic carbocycles. The van der Waals surface area contributed by atoms with Crippen molar-refractivity contribution < 1.29 is 40.1 Å². The Labute approximate surface area is 366 Å². The molecule has 8 rings (SSSR count). The molecule has 0 saturated carbocycles. The van der Waals surface area contributed by atoms with Gasteiger partial charge in [0.05, 0.1) is 21.2 Å². The van der Waals surface area contributed by atoms with Gasteiger partial charge in [-0.3, -0.25) is 9.13 Å². The van der Waals surface area contributed by atoms with Crippen LogP contribution in [0.5, 0.6) is 0 Å². The Kier molecular flexibility index (Phi) is 14.5. The van der Waals surface area contributed by atoms with Gasteiger partial charge in [0.25, 0.3) is 0 Å². The Hall–Kier alpha value is -7.39. The van der Waals surface area contributed by atoms with Crippen LogP contribution >= 0.6 is 0 Å². The van der Waals surface area contributed by atoms with Crippen LogP contribution in [0.3, 0.4) is 0 Å². The average molecular weight is 862 g/mol. The molecular weight excluding hydrogens is 813 g/mol. The second-order valence-electron chi connectivity index (χ2n) is 15.0. The van der Waals surface area contributed by atoms with E-state index < -0.39 is 10.1 Å². The summed E-state index contributed by atoms with van der Waals surface area (Å²) in [5, 5.41) is 9.31. The number of oxazole rings is 2. The van der Waals surface area contributed by atoms with E-state index in [-0.39, 0.29) is 0 Å². The molecule has 0 amide bonds. The summed E-state index contributed by atoms with van der Waals surface area (Å²) in [6.07, 6.45) is 20.8. The van der Waals surface area contributed by atoms with E-state index >= 15 is 0 Å². The first-order chi connectivity index (χ1) is 30.5. The summed E-state index contributed by atoms with van der Waals surface area (Å²) in [5.74, 6) is 13.0. The molecule has 0 spiro atoms. The van der Waals surface area contributed by atoms with Gasteiger partial charge in [0.15, 0.2) is 60.7 Å². The van der Waals surface area contributed by atoms with Gasteiger partial charge in [-0.2, -0.15) is 0 Å². The molecule has 0 fully saturated rings. The van der Waals surface area contributed by atoms with E-state index in [2.05, 4.69) is 113 Å². The number of unbranched alkanes of at least 4 members (excludes halogenated alkanes) is 2. The lowest BCUT2D eigenvalue weighted by atomic mass is 10.2. The summed E-state index contributed by atoms with van der Waals surface area (Å²) in [4.78, 5) is 0. The van der Waals surface area contributed by atoms with Gasteiger partial charge in [0.1, 0.15) is 27.2 Å². The van der Waals surface area contributed by atoms with Gasteiger partial charge in [-0.05, 0) is 37.1 Å². The van der Waals surface area contributed by atoms with Crippen LogP contribution in [0.2, 0.25) is 0 Å². The van der Waals surface area contributed by atoms with Crippen molar-refractivity contribution in [2.45, 2.75) is 51.9 Å². The van der Waals surface area contributed by atoms with Crippen molar-refractivity contribution >= 4 is 32.3 Å². The maximum atomic E-state index is 9.08. The van der Waals surface area contributed by atoms with Gasteiger partial charge in [0, 0.05) is 103 Å². The fourth-order valence-corrected chi connectivity index (χ4v) is 6.68. The lowest BCUT2D eigenvalue weighted by molar-refractivity contribution is -0.697. The highest BCUT2D eigenvalue weighted by atomic mass is 32.2. The molecule has 0 atom stereocenters. The molecule has 0 radical (unpaired) electrons. The third-order valence-electron chi connectivity index (χ3n) is 9.94. The first-order valence-corrected chi connectivity index (χ1v) is 22.4. The summed E-state index contributed by atoms with van der Waals surface area (Å²) in [5.41, 5.74) is 8.38. The molecule has 318 valence electrons. The van der Waals surface area contributed by atoms with E-state index in [1.807, 2.05) is 109 Å². The van der Waals surface area contributed by atoms with Gasteiger partial charge in [-0.25, -0.2) is 26.7 Å². The first-order valence-electron chi connectivity index (χ1n) is 20.6. The number of aryl methyl sites for hydroxylation is 6. The number of benzene rings is 2. The largest absolute Gasteiger partial charge is 0.748 e. The number of aromatic nitrogens is 6. The molecule has 13 nitrogen and oxygen atoms in total. The predicted molar refractivity (Wildman–Crippen MR) is 234 cm³/mol. The van der Waals surface area contributed by atoms with Gasteiger partial charge in [-0.15, -0.1) is 0 Å². The molecule has 0 unspecified atom stereocenters. The molecule has 0 aliphatic heterocycles. The maximum absolute atomic E-state index is 9.08. The van der Waals surface area contributed by atoms with E-state index in [1.54, 1.807) is 0 Å². The predicted octanol–water partition coefficient (Wildman–Crippen LogP) is 4.34. The number of rotatable bonds is 11. The Balaban J connectivity index is 0.00000113. The van der Waals surface area contributed by atoms with Crippen molar-refractivity contribution in [2.24, 2.45) is 24.3 Å². The van der Waals surface area contributed by atoms with Crippen molar-refractivity contribution in [1.82, 2.24) is 9.13 Å². The SMILES string of the molecule is CS(=O)(=O)[O-].C[n+]1ccc(C#Cc2cc[n+](CCCCn3/c(=N\N=c4\oc5ccccc5n4CCCC[n+]4ccc(C#Cc5cc[n+](C)cc5)cc4)oc4ccccc43)cc2)cc1. The Bertz CT molecular complexity index is 2970. The molecule has 0 aliphatic carbocycles. The molecule has 6 heterocycles. The summed E-state index contributed by atoms with van der Waals surface area (Å²) < 4.78 is 52.3. The van der Waals surface area contributed by atoms with E-state index in [1.165, 1.54) is 0 Å². The Morgan fingerprint density at radius 1 is 0.524 bits per heavy atom. The number of hydrogen-bond donors (Lipinski definition) is 0. The number of fused-ring (bicyclic) bond motifs is 2. The smallest absolute Gasteiger partial charge is 0.321 e. The highest BCUT2D eigenvalue weighted by Gasteiger charge is 2.11. The third-order valence-corrected chi connectivity index (χ3v) is 9.94. The van der Waals surface area contributed by atoms with E-state index in [0.717, 1.165) is 96.3 Å². The van der Waals surface area contributed by atoms with Crippen LogP contribution in [-0.2, 0) is 50.4 Å². The van der Waals surface area contributed by atoms with Crippen LogP contribution < -0.4 is 29.6 Å². The van der Waals surface area contributed by atoms with Crippen molar-refractivity contribution in [2.75, 3.05) is 6.26 Å². The van der Waals surface area contributed by atoms with Crippen molar-refractivity contribution in [3.8, 4) is 23.7 Å². The minimum atomic E-state index is -3.92. The van der Waals surface area contributed by atoms with Crippen LogP contribution in [0.1, 0.15) is 47.9 Å². The van der Waals surface area contributed by atoms with Gasteiger partial charge < -0.3 is 13.4 Å². The second-order valence-corrected chi connectivity index (χ2v) is 16.4. The molecule has 0 aliphatic rings. The van der Waals surface area contributed by atoms with E-state index in [4.69, 9.17) is 21.8 Å². The number of pyridine rings is 4. The van der Waals surface area contributed by atoms with Crippen molar-refractivity contribution in [1.29, 1.82) is 0 Å². The highest BCUT2D eigenvalue weighted by Crippen LogP contribution is 2.15. The molecule has 0 N–H and O–H groups in total. The zero-order valence-electron chi connectivity index (χ0n) is 35.5. The van der Waals surface area contributed by atoms with Crippen LogP contribution in [0.15, 0.2) is 166 Å². The lowest BCUT2D eigenvalue weighted by Crippen LogP contribution is -2.32. The summed E-state index contributed by atoms with van der Waals surface area (Å²) in [7, 11) is 0.0845. The number of nitrogens with zero attached hydrogens (tertiary/aromatic N) is 8. The zero-order chi connectivity index (χ0) is 44.0. The topological polar surface area (TPSA) is 134 Å². The molecule has 0 bridgehead atoms. The quantitative estimate of drug-likeness (QED) is 0.0628. The second kappa shape index (κ2) is 20.9. The average Bonchev–Trinajstić information content (AvgIpc) is 3.82. The third kappa shape index (κ3) is 13.1. The van der Waals surface area contributed by atoms with Gasteiger partial charge in [-0.1, -0.05) is 58.2 Å². The zero-order valence-corrected chi connectivity index (χ0v) is 36.4. The normalized spacial score (nSPS) is 11.7. The lowest BCUT2D eigenvalue weighted by Gasteiger charge is -2.03. The highest BCUT2D eigenvalue weighted by molar-refractivity contribution is 7.84. The maximum Gasteiger partial charge on any atom is 0.321 e. The molecule has 6 aromatic heterocycles. The molecular formula is C49H49N8O5S+3. The fourth-order valence-electron chi connectivity index (χ4n) is 6.68. The van der Waals surface area contributed by atoms with Crippen LogP contribution in [0.4, 0.5) is 0 Å². The van der Waals surface area contributed by atoms with Crippen LogP contribution in [0, 0.1) is 23.7 Å². The van der Waals surface area contributed by atoms with Gasteiger partial charge >= 0.3 is 11.4 Å². The monoisotopic (exact) mass is 861 g/mol. The van der Waals surface area contributed by atoms with Crippen molar-refractivity contribution in [3.05, 3.63) is 180 Å². The van der Waals surface area contributed by atoms with Crippen LogP contribution in [0.25, 0.3) is 22.2 Å². The van der Waals surface area contributed by atoms with E-state index in [0.29, 0.717) is 17.6 Å². The first kappa shape index (κ1) is 43.7. The molecule has 14 heteroatoms. The summed E-state index contributed by atoms with van der Waals surface area (Å²) in [6, 6.07) is 32.4. The fraction of sp³-hybridized carbons (Fsp3) is 0.224. The Morgan fingerprint density at radius 3 is 1.19 bits per heavy atom.